The molecule has 0 aliphatic carbocycles. The number of nitrogens with one attached hydrogen (secondary N) is 1. The van der Waals surface area contributed by atoms with Crippen LogP contribution in [0.4, 0.5) is 5.82 Å². The predicted octanol–water partition coefficient (Wildman–Crippen LogP) is 1.83. The highest BCUT2D eigenvalue weighted by molar-refractivity contribution is 7.88. The van der Waals surface area contributed by atoms with E-state index in [0.29, 0.717) is 37.0 Å². The lowest BCUT2D eigenvalue weighted by atomic mass is 10.2. The molecular weight excluding hydrogens is 300 g/mol. The molecule has 0 aliphatic rings. The van der Waals surface area contributed by atoms with Gasteiger partial charge in [0.2, 0.25) is 10.0 Å². The SMILES string of the molecule is CCN(CCCNc1nnc(Cl)c(C)c1C)S(C)(=O)=O. The second kappa shape index (κ2) is 7.19. The van der Waals surface area contributed by atoms with Crippen LogP contribution in [0, 0.1) is 13.8 Å². The minimum Gasteiger partial charge on any atom is -0.368 e. The monoisotopic (exact) mass is 320 g/mol. The lowest BCUT2D eigenvalue weighted by Gasteiger charge is -2.18. The zero-order chi connectivity index (χ0) is 15.3. The van der Waals surface area contributed by atoms with Gasteiger partial charge in [-0.05, 0) is 31.4 Å². The quantitative estimate of drug-likeness (QED) is 0.776. The van der Waals surface area contributed by atoms with Crippen molar-refractivity contribution in [2.75, 3.05) is 31.2 Å². The summed E-state index contributed by atoms with van der Waals surface area (Å²) in [5, 5.41) is 11.4. The maximum absolute atomic E-state index is 11.4. The van der Waals surface area contributed by atoms with Crippen LogP contribution in [0.25, 0.3) is 0 Å². The van der Waals surface area contributed by atoms with Crippen molar-refractivity contribution in [3.63, 3.8) is 0 Å². The fourth-order valence-electron chi connectivity index (χ4n) is 1.76. The molecule has 0 spiro atoms. The van der Waals surface area contributed by atoms with Crippen molar-refractivity contribution in [1.29, 1.82) is 0 Å². The van der Waals surface area contributed by atoms with Crippen LogP contribution in [-0.4, -0.2) is 48.8 Å². The summed E-state index contributed by atoms with van der Waals surface area (Å²) >= 11 is 5.88. The molecule has 0 saturated carbocycles. The second-order valence-corrected chi connectivity index (χ2v) is 6.96. The van der Waals surface area contributed by atoms with Crippen LogP contribution in [0.3, 0.4) is 0 Å². The molecule has 1 aromatic heterocycles. The van der Waals surface area contributed by atoms with Gasteiger partial charge in [0.05, 0.1) is 6.26 Å². The van der Waals surface area contributed by atoms with Gasteiger partial charge in [0.1, 0.15) is 0 Å². The summed E-state index contributed by atoms with van der Waals surface area (Å²) in [6.07, 6.45) is 1.92. The second-order valence-electron chi connectivity index (χ2n) is 4.62. The number of hydrogen-bond donors (Lipinski definition) is 1. The summed E-state index contributed by atoms with van der Waals surface area (Å²) in [6, 6.07) is 0. The molecule has 20 heavy (non-hydrogen) atoms. The fourth-order valence-corrected chi connectivity index (χ4v) is 2.87. The van der Waals surface area contributed by atoms with Crippen molar-refractivity contribution < 1.29 is 8.42 Å². The van der Waals surface area contributed by atoms with E-state index in [-0.39, 0.29) is 0 Å². The molecule has 0 atom stereocenters. The molecule has 0 saturated heterocycles. The summed E-state index contributed by atoms with van der Waals surface area (Å²) in [5.41, 5.74) is 1.86. The molecule has 0 radical (unpaired) electrons. The molecule has 0 bridgehead atoms. The molecule has 0 unspecified atom stereocenters. The summed E-state index contributed by atoms with van der Waals surface area (Å²) < 4.78 is 24.3. The first kappa shape index (κ1) is 17.1. The van der Waals surface area contributed by atoms with E-state index in [9.17, 15) is 8.42 Å². The predicted molar refractivity (Wildman–Crippen MR) is 81.7 cm³/mol. The molecule has 8 heteroatoms. The molecule has 0 aromatic carbocycles. The van der Waals surface area contributed by atoms with Gasteiger partial charge in [-0.25, -0.2) is 12.7 Å². The van der Waals surface area contributed by atoms with Gasteiger partial charge in [-0.3, -0.25) is 0 Å². The van der Waals surface area contributed by atoms with Crippen molar-refractivity contribution in [3.05, 3.63) is 16.3 Å². The van der Waals surface area contributed by atoms with Crippen LogP contribution >= 0.6 is 11.6 Å². The first-order chi connectivity index (χ1) is 9.27. The van der Waals surface area contributed by atoms with Gasteiger partial charge in [-0.15, -0.1) is 10.2 Å². The topological polar surface area (TPSA) is 75.2 Å². The Morgan fingerprint density at radius 1 is 1.25 bits per heavy atom. The Morgan fingerprint density at radius 2 is 1.90 bits per heavy atom. The number of hydrogen-bond acceptors (Lipinski definition) is 5. The molecule has 1 N–H and O–H groups in total. The van der Waals surface area contributed by atoms with E-state index in [1.165, 1.54) is 10.6 Å². The maximum atomic E-state index is 11.4. The van der Waals surface area contributed by atoms with Gasteiger partial charge in [-0.1, -0.05) is 18.5 Å². The Balaban J connectivity index is 2.52. The highest BCUT2D eigenvalue weighted by Crippen LogP contribution is 2.20. The smallest absolute Gasteiger partial charge is 0.211 e. The Morgan fingerprint density at radius 3 is 2.45 bits per heavy atom. The van der Waals surface area contributed by atoms with Crippen LogP contribution in [0.5, 0.6) is 0 Å². The molecule has 1 heterocycles. The lowest BCUT2D eigenvalue weighted by molar-refractivity contribution is 0.428. The molecule has 6 nitrogen and oxygen atoms in total. The molecule has 114 valence electrons. The molecule has 0 amide bonds. The van der Waals surface area contributed by atoms with Crippen LogP contribution in [-0.2, 0) is 10.0 Å². The van der Waals surface area contributed by atoms with Crippen molar-refractivity contribution in [3.8, 4) is 0 Å². The lowest BCUT2D eigenvalue weighted by Crippen LogP contribution is -2.31. The van der Waals surface area contributed by atoms with E-state index in [1.807, 2.05) is 20.8 Å². The van der Waals surface area contributed by atoms with Crippen molar-refractivity contribution in [1.82, 2.24) is 14.5 Å². The Hall–Kier alpha value is -0.920. The van der Waals surface area contributed by atoms with Crippen LogP contribution in [0.1, 0.15) is 24.5 Å². The summed E-state index contributed by atoms with van der Waals surface area (Å²) in [7, 11) is -3.12. The minimum atomic E-state index is -3.12. The van der Waals surface area contributed by atoms with Crippen LogP contribution in [0.15, 0.2) is 0 Å². The van der Waals surface area contributed by atoms with E-state index in [0.717, 1.165) is 11.1 Å². The van der Waals surface area contributed by atoms with Gasteiger partial charge < -0.3 is 5.32 Å². The first-order valence-electron chi connectivity index (χ1n) is 6.45. The van der Waals surface area contributed by atoms with Crippen LogP contribution in [0.2, 0.25) is 5.15 Å². The Kier molecular flexibility index (Phi) is 6.16. The van der Waals surface area contributed by atoms with E-state index in [4.69, 9.17) is 11.6 Å². The van der Waals surface area contributed by atoms with Crippen molar-refractivity contribution in [2.24, 2.45) is 0 Å². The average molecular weight is 321 g/mol. The molecule has 0 fully saturated rings. The molecular formula is C12H21ClN4O2S. The van der Waals surface area contributed by atoms with E-state index < -0.39 is 10.0 Å². The summed E-state index contributed by atoms with van der Waals surface area (Å²) in [6.45, 7) is 7.24. The van der Waals surface area contributed by atoms with Gasteiger partial charge in [-0.2, -0.15) is 0 Å². The number of halogens is 1. The standard InChI is InChI=1S/C12H21ClN4O2S/c1-5-17(20(4,18)19)8-6-7-14-12-10(3)9(2)11(13)15-16-12/h5-8H2,1-4H3,(H,14,16). The number of aromatic nitrogens is 2. The van der Waals surface area contributed by atoms with Gasteiger partial charge in [0.15, 0.2) is 11.0 Å². The largest absolute Gasteiger partial charge is 0.368 e. The fraction of sp³-hybridized carbons (Fsp3) is 0.667. The highest BCUT2D eigenvalue weighted by atomic mass is 35.5. The number of rotatable bonds is 7. The van der Waals surface area contributed by atoms with E-state index >= 15 is 0 Å². The minimum absolute atomic E-state index is 0.405. The number of nitrogens with zero attached hydrogens (tertiary/aromatic N) is 3. The van der Waals surface area contributed by atoms with E-state index in [2.05, 4.69) is 15.5 Å². The average Bonchev–Trinajstić information content (AvgIpc) is 2.37. The number of anilines is 1. The Bertz CT molecular complexity index is 563. The zero-order valence-corrected chi connectivity index (χ0v) is 13.8. The number of sulfonamides is 1. The Labute approximate surface area is 125 Å². The summed E-state index contributed by atoms with van der Waals surface area (Å²) in [4.78, 5) is 0. The maximum Gasteiger partial charge on any atom is 0.211 e. The molecule has 1 aromatic rings. The molecule has 0 aliphatic heterocycles. The normalized spacial score (nSPS) is 11.9. The summed E-state index contributed by atoms with van der Waals surface area (Å²) in [5.74, 6) is 0.689. The third kappa shape index (κ3) is 4.57. The highest BCUT2D eigenvalue weighted by Gasteiger charge is 2.13. The van der Waals surface area contributed by atoms with Gasteiger partial charge in [0.25, 0.3) is 0 Å². The van der Waals surface area contributed by atoms with Crippen molar-refractivity contribution >= 4 is 27.4 Å². The third-order valence-corrected chi connectivity index (χ3v) is 4.90. The van der Waals surface area contributed by atoms with Gasteiger partial charge >= 0.3 is 0 Å². The van der Waals surface area contributed by atoms with Crippen molar-refractivity contribution in [2.45, 2.75) is 27.2 Å². The molecule has 1 rings (SSSR count). The third-order valence-electron chi connectivity index (χ3n) is 3.16. The van der Waals surface area contributed by atoms with Crippen LogP contribution < -0.4 is 5.32 Å². The van der Waals surface area contributed by atoms with Gasteiger partial charge in [0, 0.05) is 19.6 Å². The zero-order valence-electron chi connectivity index (χ0n) is 12.3. The van der Waals surface area contributed by atoms with E-state index in [1.54, 1.807) is 0 Å². The first-order valence-corrected chi connectivity index (χ1v) is 8.68.